The molecule has 0 rings (SSSR count). The van der Waals surface area contributed by atoms with Crippen LogP contribution in [0, 0.1) is 17.2 Å². The summed E-state index contributed by atoms with van der Waals surface area (Å²) in [6, 6.07) is 0. The Morgan fingerprint density at radius 1 is 1.80 bits per heavy atom. The standard InChI is InChI=1S/CH2NO2.Y/c1-2(3)4;/h1H2;/q-1;. The summed E-state index contributed by atoms with van der Waals surface area (Å²) in [5.74, 6) is 0. The Labute approximate surface area is 54.8 Å². The van der Waals surface area contributed by atoms with Crippen LogP contribution >= 0.6 is 0 Å². The van der Waals surface area contributed by atoms with Crippen LogP contribution in [0.4, 0.5) is 0 Å². The van der Waals surface area contributed by atoms with Crippen molar-refractivity contribution in [3.05, 3.63) is 17.2 Å². The van der Waals surface area contributed by atoms with Gasteiger partial charge in [-0.25, -0.2) is 0 Å². The zero-order chi connectivity index (χ0) is 3.58. The van der Waals surface area contributed by atoms with Gasteiger partial charge in [-0.15, -0.1) is 4.92 Å². The van der Waals surface area contributed by atoms with Crippen LogP contribution in [-0.4, -0.2) is 4.92 Å². The molecule has 0 bridgehead atoms. The van der Waals surface area contributed by atoms with E-state index < -0.39 is 4.92 Å². The van der Waals surface area contributed by atoms with Crippen molar-refractivity contribution in [3.8, 4) is 0 Å². The molecule has 1 radical (unpaired) electrons. The largest absolute Gasteiger partial charge is 0.296 e. The predicted molar refractivity (Wildman–Crippen MR) is 12.4 cm³/mol. The second kappa shape index (κ2) is 4.37. The zero-order valence-electron chi connectivity index (χ0n) is 2.55. The van der Waals surface area contributed by atoms with Gasteiger partial charge >= 0.3 is 0 Å². The first-order chi connectivity index (χ1) is 1.73. The van der Waals surface area contributed by atoms with Gasteiger partial charge < -0.3 is 0 Å². The summed E-state index contributed by atoms with van der Waals surface area (Å²) >= 11 is 0. The second-order valence-electron chi connectivity index (χ2n) is 0.333. The van der Waals surface area contributed by atoms with E-state index in [2.05, 4.69) is 7.05 Å². The molecule has 0 aliphatic rings. The van der Waals surface area contributed by atoms with Gasteiger partial charge in [0.05, 0.1) is 0 Å². The van der Waals surface area contributed by atoms with Crippen molar-refractivity contribution < 1.29 is 37.6 Å². The van der Waals surface area contributed by atoms with Gasteiger partial charge in [0, 0.05) is 32.7 Å². The summed E-state index contributed by atoms with van der Waals surface area (Å²) < 4.78 is 0. The maximum atomic E-state index is 8.69. The molecular weight excluding hydrogens is 147 g/mol. The van der Waals surface area contributed by atoms with Gasteiger partial charge in [0.2, 0.25) is 0 Å². The minimum Gasteiger partial charge on any atom is -0.296 e. The topological polar surface area (TPSA) is 43.1 Å². The van der Waals surface area contributed by atoms with Crippen molar-refractivity contribution in [1.29, 1.82) is 0 Å². The summed E-state index contributed by atoms with van der Waals surface area (Å²) in [5, 5.41) is 8.69. The van der Waals surface area contributed by atoms with Crippen molar-refractivity contribution in [3.63, 3.8) is 0 Å². The van der Waals surface area contributed by atoms with Gasteiger partial charge in [-0.2, -0.15) is 0 Å². The van der Waals surface area contributed by atoms with E-state index >= 15 is 0 Å². The van der Waals surface area contributed by atoms with E-state index in [1.54, 1.807) is 0 Å². The van der Waals surface area contributed by atoms with Crippen molar-refractivity contribution in [2.45, 2.75) is 0 Å². The minimum absolute atomic E-state index is 0. The van der Waals surface area contributed by atoms with Crippen molar-refractivity contribution >= 4 is 0 Å². The Balaban J connectivity index is 0. The van der Waals surface area contributed by atoms with E-state index in [-0.39, 0.29) is 32.7 Å². The van der Waals surface area contributed by atoms with Gasteiger partial charge in [0.25, 0.3) is 0 Å². The predicted octanol–water partition coefficient (Wildman–Crippen LogP) is 0.0522. The number of hydrogen-bond acceptors (Lipinski definition) is 2. The Morgan fingerprint density at radius 2 is 1.80 bits per heavy atom. The van der Waals surface area contributed by atoms with E-state index in [0.29, 0.717) is 0 Å². The number of rotatable bonds is 0. The van der Waals surface area contributed by atoms with E-state index in [1.165, 1.54) is 0 Å². The van der Waals surface area contributed by atoms with Crippen molar-refractivity contribution in [2.24, 2.45) is 0 Å². The molecule has 0 spiro atoms. The van der Waals surface area contributed by atoms with Crippen LogP contribution in [0.15, 0.2) is 0 Å². The summed E-state index contributed by atoms with van der Waals surface area (Å²) in [4.78, 5) is 7.94. The van der Waals surface area contributed by atoms with Crippen molar-refractivity contribution in [1.82, 2.24) is 0 Å². The Morgan fingerprint density at radius 3 is 1.80 bits per heavy atom. The molecule has 0 atom stereocenters. The van der Waals surface area contributed by atoms with Gasteiger partial charge in [-0.05, 0) is 0 Å². The van der Waals surface area contributed by atoms with Gasteiger partial charge in [0.15, 0.2) is 0 Å². The average molecular weight is 149 g/mol. The van der Waals surface area contributed by atoms with Crippen LogP contribution in [0.3, 0.4) is 0 Å². The molecule has 0 aromatic rings. The molecule has 0 N–H and O–H groups in total. The third-order valence-electron chi connectivity index (χ3n) is 0. The molecule has 0 aromatic carbocycles. The third kappa shape index (κ3) is 176. The van der Waals surface area contributed by atoms with Crippen LogP contribution in [0.2, 0.25) is 0 Å². The van der Waals surface area contributed by atoms with Gasteiger partial charge in [-0.3, -0.25) is 10.1 Å². The second-order valence-corrected chi connectivity index (χ2v) is 0.333. The molecule has 0 aromatic heterocycles. The molecule has 27 valence electrons. The number of nitrogens with zero attached hydrogens (tertiary/aromatic N) is 1. The summed E-state index contributed by atoms with van der Waals surface area (Å²) in [7, 11) is 2.36. The van der Waals surface area contributed by atoms with Crippen LogP contribution in [0.5, 0.6) is 0 Å². The fraction of sp³-hybridized carbons (Fsp3) is 0. The quantitative estimate of drug-likeness (QED) is 0.277. The molecule has 0 aliphatic heterocycles. The van der Waals surface area contributed by atoms with Gasteiger partial charge in [-0.1, -0.05) is 7.05 Å². The first kappa shape index (κ1) is 9.03. The molecule has 0 saturated heterocycles. The minimum atomic E-state index is -0.750. The first-order valence-electron chi connectivity index (χ1n) is 0.681. The molecule has 0 heterocycles. The molecule has 4 heteroatoms. The molecule has 0 amide bonds. The summed E-state index contributed by atoms with van der Waals surface area (Å²) in [5.41, 5.74) is 0. The molecular formula is CH2NO2Y-. The zero-order valence-corrected chi connectivity index (χ0v) is 5.39. The maximum absolute atomic E-state index is 8.69. The maximum Gasteiger partial charge on any atom is 0 e. The molecule has 0 saturated carbocycles. The van der Waals surface area contributed by atoms with Crippen LogP contribution < -0.4 is 0 Å². The summed E-state index contributed by atoms with van der Waals surface area (Å²) in [6.07, 6.45) is 0. The average Bonchev–Trinajstić information content (AvgIpc) is 0.811. The summed E-state index contributed by atoms with van der Waals surface area (Å²) in [6.45, 7) is 0. The Bertz CT molecular complexity index is 32.6. The fourth-order valence-electron chi connectivity index (χ4n) is 0. The monoisotopic (exact) mass is 149 g/mol. The number of nitro groups is 1. The molecule has 0 unspecified atom stereocenters. The molecule has 0 aliphatic carbocycles. The van der Waals surface area contributed by atoms with Gasteiger partial charge in [0.1, 0.15) is 0 Å². The Kier molecular flexibility index (Phi) is 7.90. The molecule has 5 heavy (non-hydrogen) atoms. The first-order valence-corrected chi connectivity index (χ1v) is 0.681. The third-order valence-corrected chi connectivity index (χ3v) is 0. The van der Waals surface area contributed by atoms with Crippen LogP contribution in [-0.2, 0) is 32.7 Å². The van der Waals surface area contributed by atoms with E-state index in [1.807, 2.05) is 0 Å². The van der Waals surface area contributed by atoms with Crippen LogP contribution in [0.1, 0.15) is 0 Å². The van der Waals surface area contributed by atoms with Crippen molar-refractivity contribution in [2.75, 3.05) is 0 Å². The normalized spacial score (nSPS) is 4.80. The van der Waals surface area contributed by atoms with E-state index in [9.17, 15) is 0 Å². The van der Waals surface area contributed by atoms with Crippen LogP contribution in [0.25, 0.3) is 0 Å². The molecule has 0 fully saturated rings. The number of hydrogen-bond donors (Lipinski definition) is 0. The fourth-order valence-corrected chi connectivity index (χ4v) is 0. The smallest absolute Gasteiger partial charge is 0 e. The van der Waals surface area contributed by atoms with E-state index in [0.717, 1.165) is 0 Å². The SMILES string of the molecule is [CH2-][N+](=O)[O-].[Y]. The Hall–Kier alpha value is 0.374. The molecule has 3 nitrogen and oxygen atoms in total. The van der Waals surface area contributed by atoms with E-state index in [4.69, 9.17) is 10.1 Å².